The molecule has 2 aromatic carbocycles. The first kappa shape index (κ1) is 20.6. The fourth-order valence-corrected chi connectivity index (χ4v) is 3.81. The van der Waals surface area contributed by atoms with Gasteiger partial charge in [0.2, 0.25) is 0 Å². The lowest BCUT2D eigenvalue weighted by Crippen LogP contribution is -2.49. The van der Waals surface area contributed by atoms with Crippen molar-refractivity contribution in [3.8, 4) is 0 Å². The number of benzene rings is 2. The zero-order chi connectivity index (χ0) is 22.2. The highest BCUT2D eigenvalue weighted by Gasteiger charge is 2.36. The molecule has 0 atom stereocenters. The van der Waals surface area contributed by atoms with Gasteiger partial charge >= 0.3 is 11.9 Å². The van der Waals surface area contributed by atoms with Gasteiger partial charge in [0.1, 0.15) is 5.69 Å². The number of pyridine rings is 1. The third-order valence-electron chi connectivity index (χ3n) is 5.29. The number of piperazine rings is 1. The van der Waals surface area contributed by atoms with Crippen molar-refractivity contribution in [2.45, 2.75) is 6.18 Å². The monoisotopic (exact) mass is 430 g/mol. The van der Waals surface area contributed by atoms with E-state index in [1.54, 1.807) is 35.4 Å². The molecule has 1 amide bonds. The van der Waals surface area contributed by atoms with Crippen LogP contribution in [0.3, 0.4) is 0 Å². The Kier molecular flexibility index (Phi) is 5.22. The zero-order valence-corrected chi connectivity index (χ0v) is 16.2. The van der Waals surface area contributed by atoms with Gasteiger partial charge in [0.05, 0.1) is 27.0 Å². The molecule has 2 heterocycles. The van der Waals surface area contributed by atoms with Crippen LogP contribution in [-0.2, 0) is 6.18 Å². The summed E-state index contributed by atoms with van der Waals surface area (Å²) >= 11 is 0. The van der Waals surface area contributed by atoms with Crippen LogP contribution in [0.1, 0.15) is 15.9 Å². The number of amides is 1. The van der Waals surface area contributed by atoms with E-state index in [2.05, 4.69) is 4.98 Å². The van der Waals surface area contributed by atoms with Crippen LogP contribution in [0.5, 0.6) is 0 Å². The summed E-state index contributed by atoms with van der Waals surface area (Å²) < 4.78 is 39.8. The van der Waals surface area contributed by atoms with E-state index in [-0.39, 0.29) is 31.9 Å². The maximum absolute atomic E-state index is 13.3. The first-order chi connectivity index (χ1) is 14.8. The SMILES string of the molecule is O=C(c1ccccc1C(F)(F)F)N1CCN(c2ccc3ncccc3c2[N+](=O)[O-])CC1. The fourth-order valence-electron chi connectivity index (χ4n) is 3.81. The Balaban J connectivity index is 1.57. The van der Waals surface area contributed by atoms with Gasteiger partial charge < -0.3 is 9.80 Å². The number of fused-ring (bicyclic) bond motifs is 1. The van der Waals surface area contributed by atoms with Gasteiger partial charge in [-0.25, -0.2) is 0 Å². The molecular weight excluding hydrogens is 413 g/mol. The van der Waals surface area contributed by atoms with Gasteiger partial charge in [-0.2, -0.15) is 13.2 Å². The predicted octanol–water partition coefficient (Wildman–Crippen LogP) is 4.12. The Labute approximate surface area is 174 Å². The molecule has 1 aliphatic rings. The second-order valence-corrected chi connectivity index (χ2v) is 7.08. The number of aromatic nitrogens is 1. The second kappa shape index (κ2) is 7.86. The standard InChI is InChI=1S/C21H17F3N4O3/c22-21(23,24)16-6-2-1-4-14(16)20(29)27-12-10-26(11-13-27)18-8-7-17-15(5-3-9-25-17)19(18)28(30)31/h1-9H,10-13H2. The number of hydrogen-bond acceptors (Lipinski definition) is 5. The maximum Gasteiger partial charge on any atom is 0.417 e. The largest absolute Gasteiger partial charge is 0.417 e. The summed E-state index contributed by atoms with van der Waals surface area (Å²) in [5.74, 6) is -0.704. The molecule has 1 aliphatic heterocycles. The van der Waals surface area contributed by atoms with Crippen molar-refractivity contribution in [3.05, 3.63) is 76.0 Å². The highest BCUT2D eigenvalue weighted by molar-refractivity contribution is 5.97. The summed E-state index contributed by atoms with van der Waals surface area (Å²) in [5, 5.41) is 12.2. The van der Waals surface area contributed by atoms with Crippen molar-refractivity contribution in [1.29, 1.82) is 0 Å². The van der Waals surface area contributed by atoms with Crippen molar-refractivity contribution in [2.75, 3.05) is 31.1 Å². The van der Waals surface area contributed by atoms with Crippen molar-refractivity contribution >= 4 is 28.2 Å². The Hall–Kier alpha value is -3.69. The van der Waals surface area contributed by atoms with Gasteiger partial charge in [-0.1, -0.05) is 12.1 Å². The molecular formula is C21H17F3N4O3. The van der Waals surface area contributed by atoms with Crippen LogP contribution in [0.4, 0.5) is 24.5 Å². The van der Waals surface area contributed by atoms with E-state index in [0.717, 1.165) is 6.07 Å². The third kappa shape index (κ3) is 3.88. The molecule has 10 heteroatoms. The molecule has 1 fully saturated rings. The molecule has 0 bridgehead atoms. The zero-order valence-electron chi connectivity index (χ0n) is 16.2. The Morgan fingerprint density at radius 1 is 1.00 bits per heavy atom. The molecule has 1 aromatic heterocycles. The number of alkyl halides is 3. The smallest absolute Gasteiger partial charge is 0.362 e. The Bertz CT molecular complexity index is 1160. The summed E-state index contributed by atoms with van der Waals surface area (Å²) in [6.07, 6.45) is -3.08. The molecule has 4 rings (SSSR count). The summed E-state index contributed by atoms with van der Waals surface area (Å²) in [4.78, 5) is 31.3. The molecule has 7 nitrogen and oxygen atoms in total. The predicted molar refractivity (Wildman–Crippen MR) is 108 cm³/mol. The average Bonchev–Trinajstić information content (AvgIpc) is 2.77. The molecule has 0 unspecified atom stereocenters. The molecule has 0 spiro atoms. The van der Waals surface area contributed by atoms with Crippen LogP contribution in [0.15, 0.2) is 54.7 Å². The van der Waals surface area contributed by atoms with Gasteiger partial charge in [-0.05, 0) is 36.4 Å². The summed E-state index contributed by atoms with van der Waals surface area (Å²) in [6.45, 7) is 0.805. The molecule has 160 valence electrons. The minimum absolute atomic E-state index is 0.0761. The summed E-state index contributed by atoms with van der Waals surface area (Å²) in [6, 6.07) is 11.2. The lowest BCUT2D eigenvalue weighted by molar-refractivity contribution is -0.382. The lowest BCUT2D eigenvalue weighted by Gasteiger charge is -2.36. The van der Waals surface area contributed by atoms with Gasteiger partial charge in [0.25, 0.3) is 5.91 Å². The summed E-state index contributed by atoms with van der Waals surface area (Å²) in [5.41, 5.74) is -0.553. The normalized spacial score (nSPS) is 14.7. The molecule has 0 radical (unpaired) electrons. The number of anilines is 1. The van der Waals surface area contributed by atoms with E-state index in [0.29, 0.717) is 16.6 Å². The van der Waals surface area contributed by atoms with Crippen molar-refractivity contribution in [1.82, 2.24) is 9.88 Å². The lowest BCUT2D eigenvalue weighted by atomic mass is 10.1. The van der Waals surface area contributed by atoms with E-state index in [1.165, 1.54) is 23.1 Å². The van der Waals surface area contributed by atoms with Gasteiger partial charge in [-0.3, -0.25) is 19.9 Å². The molecule has 31 heavy (non-hydrogen) atoms. The Morgan fingerprint density at radius 2 is 1.71 bits per heavy atom. The first-order valence-corrected chi connectivity index (χ1v) is 9.50. The molecule has 0 saturated carbocycles. The van der Waals surface area contributed by atoms with E-state index in [9.17, 15) is 28.1 Å². The van der Waals surface area contributed by atoms with Crippen LogP contribution in [0, 0.1) is 10.1 Å². The number of nitrogens with zero attached hydrogens (tertiary/aromatic N) is 4. The topological polar surface area (TPSA) is 79.6 Å². The Morgan fingerprint density at radius 3 is 2.39 bits per heavy atom. The first-order valence-electron chi connectivity index (χ1n) is 9.50. The number of rotatable bonds is 3. The van der Waals surface area contributed by atoms with Crippen LogP contribution in [-0.4, -0.2) is 46.9 Å². The van der Waals surface area contributed by atoms with Crippen LogP contribution in [0.25, 0.3) is 10.9 Å². The third-order valence-corrected chi connectivity index (χ3v) is 5.29. The van der Waals surface area contributed by atoms with E-state index < -0.39 is 28.1 Å². The van der Waals surface area contributed by atoms with Gasteiger partial charge in [0, 0.05) is 32.4 Å². The molecule has 3 aromatic rings. The van der Waals surface area contributed by atoms with E-state index >= 15 is 0 Å². The average molecular weight is 430 g/mol. The van der Waals surface area contributed by atoms with Gasteiger partial charge in [0.15, 0.2) is 0 Å². The highest BCUT2D eigenvalue weighted by atomic mass is 19.4. The van der Waals surface area contributed by atoms with Crippen LogP contribution < -0.4 is 4.90 Å². The summed E-state index contributed by atoms with van der Waals surface area (Å²) in [7, 11) is 0. The fraction of sp³-hybridized carbons (Fsp3) is 0.238. The number of nitro groups is 1. The number of hydrogen-bond donors (Lipinski definition) is 0. The number of nitro benzene ring substituents is 1. The van der Waals surface area contributed by atoms with Crippen molar-refractivity contribution in [3.63, 3.8) is 0 Å². The molecule has 0 aliphatic carbocycles. The number of carbonyl (C=O) groups is 1. The molecule has 0 N–H and O–H groups in total. The van der Waals surface area contributed by atoms with Crippen molar-refractivity contribution < 1.29 is 22.9 Å². The highest BCUT2D eigenvalue weighted by Crippen LogP contribution is 2.36. The van der Waals surface area contributed by atoms with Crippen LogP contribution in [0.2, 0.25) is 0 Å². The minimum atomic E-state index is -4.63. The second-order valence-electron chi connectivity index (χ2n) is 7.08. The van der Waals surface area contributed by atoms with Crippen LogP contribution >= 0.6 is 0 Å². The van der Waals surface area contributed by atoms with E-state index in [1.807, 2.05) is 0 Å². The minimum Gasteiger partial charge on any atom is -0.362 e. The van der Waals surface area contributed by atoms with E-state index in [4.69, 9.17) is 0 Å². The maximum atomic E-state index is 13.3. The van der Waals surface area contributed by atoms with Gasteiger partial charge in [-0.15, -0.1) is 0 Å². The molecule has 1 saturated heterocycles. The number of carbonyl (C=O) groups excluding carboxylic acids is 1. The van der Waals surface area contributed by atoms with Crippen molar-refractivity contribution in [2.24, 2.45) is 0 Å². The quantitative estimate of drug-likeness (QED) is 0.461. The number of halogens is 3.